The zero-order chi connectivity index (χ0) is 28.6. The van der Waals surface area contributed by atoms with E-state index >= 15 is 0 Å². The molecule has 1 atom stereocenters. The van der Waals surface area contributed by atoms with Gasteiger partial charge in [-0.2, -0.15) is 0 Å². The van der Waals surface area contributed by atoms with Gasteiger partial charge in [0.1, 0.15) is 12.3 Å². The molecule has 7 nitrogen and oxygen atoms in total. The van der Waals surface area contributed by atoms with Crippen LogP contribution in [0, 0.1) is 0 Å². The molecular formula is C32H35ClN4O3S. The number of amidine groups is 1. The Morgan fingerprint density at radius 1 is 0.976 bits per heavy atom. The van der Waals surface area contributed by atoms with Gasteiger partial charge in [0, 0.05) is 16.5 Å². The van der Waals surface area contributed by atoms with Crippen LogP contribution in [-0.2, 0) is 11.4 Å². The quantitative estimate of drug-likeness (QED) is 0.256. The van der Waals surface area contributed by atoms with Gasteiger partial charge in [-0.15, -0.1) is 5.10 Å². The van der Waals surface area contributed by atoms with Crippen molar-refractivity contribution in [3.05, 3.63) is 93.5 Å². The number of halogens is 1. The van der Waals surface area contributed by atoms with Crippen molar-refractivity contribution in [2.24, 2.45) is 10.1 Å². The van der Waals surface area contributed by atoms with Crippen LogP contribution in [0.2, 0.25) is 5.02 Å². The number of benzene rings is 3. The number of para-hydroxylation sites is 1. The monoisotopic (exact) mass is 590 g/mol. The molecule has 0 radical (unpaired) electrons. The molecule has 2 heterocycles. The Kier molecular flexibility index (Phi) is 9.85. The summed E-state index contributed by atoms with van der Waals surface area (Å²) in [4.78, 5) is 18.5. The highest BCUT2D eigenvalue weighted by Gasteiger charge is 2.35. The van der Waals surface area contributed by atoms with E-state index in [9.17, 15) is 4.79 Å². The lowest BCUT2D eigenvalue weighted by Gasteiger charge is -2.34. The van der Waals surface area contributed by atoms with Crippen LogP contribution < -0.4 is 25.4 Å². The summed E-state index contributed by atoms with van der Waals surface area (Å²) in [7, 11) is 0. The van der Waals surface area contributed by atoms with E-state index in [0.717, 1.165) is 33.9 Å². The fourth-order valence-electron chi connectivity index (χ4n) is 4.85. The molecule has 41 heavy (non-hydrogen) atoms. The molecule has 0 aromatic heterocycles. The molecule has 5 rings (SSSR count). The molecule has 0 fully saturated rings. The molecule has 1 N–H and O–H groups in total. The Balaban J connectivity index is 1.48. The second kappa shape index (κ2) is 13.9. The smallest absolute Gasteiger partial charge is 0.276 e. The van der Waals surface area contributed by atoms with Crippen molar-refractivity contribution in [3.63, 3.8) is 0 Å². The third kappa shape index (κ3) is 6.88. The number of hydrogen-bond acceptors (Lipinski definition) is 7. The van der Waals surface area contributed by atoms with Gasteiger partial charge in [0.15, 0.2) is 22.8 Å². The SMILES string of the molecule is CCCCCCCSC1=NN2C(=c3ccccc3=N[C@@H]2c2cc(Cl)c(OCc3ccccc3)c(OCC)c2)C(=O)N1. The first kappa shape index (κ1) is 29.0. The summed E-state index contributed by atoms with van der Waals surface area (Å²) in [6.45, 7) is 4.92. The van der Waals surface area contributed by atoms with Crippen molar-refractivity contribution < 1.29 is 14.3 Å². The molecule has 0 unspecified atom stereocenters. The van der Waals surface area contributed by atoms with Crippen molar-refractivity contribution in [2.75, 3.05) is 12.4 Å². The number of fused-ring (bicyclic) bond motifs is 2. The highest BCUT2D eigenvalue weighted by molar-refractivity contribution is 8.13. The number of nitrogens with one attached hydrogen (secondary N) is 1. The molecule has 1 amide bonds. The van der Waals surface area contributed by atoms with Crippen molar-refractivity contribution in [3.8, 4) is 11.5 Å². The Hall–Kier alpha value is -3.49. The predicted molar refractivity (Wildman–Crippen MR) is 165 cm³/mol. The first-order chi connectivity index (χ1) is 20.1. The molecule has 0 saturated carbocycles. The van der Waals surface area contributed by atoms with Gasteiger partial charge in [-0.05, 0) is 37.1 Å². The summed E-state index contributed by atoms with van der Waals surface area (Å²) in [6.07, 6.45) is 5.33. The molecule has 3 aromatic rings. The lowest BCUT2D eigenvalue weighted by Crippen LogP contribution is -2.50. The molecule has 2 aliphatic rings. The van der Waals surface area contributed by atoms with Crippen LogP contribution in [0.3, 0.4) is 0 Å². The molecule has 2 aliphatic heterocycles. The standard InChI is InChI=1S/C32H35ClN4O3S/c1-3-5-6-7-13-18-41-32-35-31(38)28-24-16-11-12-17-26(24)34-30(37(28)36-32)23-19-25(33)29(27(20-23)39-4-2)40-21-22-14-9-8-10-15-22/h8-12,14-17,19-20,30H,3-7,13,18,21H2,1-2H3,(H,35,36,38)/t30-/m0/s1. The second-order valence-corrected chi connectivity index (χ2v) is 11.4. The van der Waals surface area contributed by atoms with Crippen LogP contribution in [0.25, 0.3) is 5.70 Å². The number of rotatable bonds is 12. The second-order valence-electron chi connectivity index (χ2n) is 9.87. The highest BCUT2D eigenvalue weighted by Crippen LogP contribution is 2.41. The van der Waals surface area contributed by atoms with Crippen LogP contribution >= 0.6 is 23.4 Å². The summed E-state index contributed by atoms with van der Waals surface area (Å²) >= 11 is 8.38. The number of ether oxygens (including phenoxy) is 2. The van der Waals surface area contributed by atoms with E-state index in [1.807, 2.05) is 73.7 Å². The van der Waals surface area contributed by atoms with E-state index in [0.29, 0.717) is 40.6 Å². The topological polar surface area (TPSA) is 75.5 Å². The van der Waals surface area contributed by atoms with Gasteiger partial charge in [-0.25, -0.2) is 5.01 Å². The predicted octanol–water partition coefficient (Wildman–Crippen LogP) is 6.16. The van der Waals surface area contributed by atoms with Crippen LogP contribution in [0.15, 0.2) is 76.8 Å². The Labute approximate surface area is 250 Å². The first-order valence-corrected chi connectivity index (χ1v) is 15.6. The molecule has 3 aromatic carbocycles. The zero-order valence-electron chi connectivity index (χ0n) is 23.4. The highest BCUT2D eigenvalue weighted by atomic mass is 35.5. The van der Waals surface area contributed by atoms with Gasteiger partial charge < -0.3 is 9.47 Å². The summed E-state index contributed by atoms with van der Waals surface area (Å²) in [5.41, 5.74) is 2.24. The van der Waals surface area contributed by atoms with Crippen LogP contribution in [0.5, 0.6) is 11.5 Å². The first-order valence-electron chi connectivity index (χ1n) is 14.2. The maximum atomic E-state index is 13.5. The Morgan fingerprint density at radius 3 is 2.56 bits per heavy atom. The lowest BCUT2D eigenvalue weighted by atomic mass is 10.1. The Bertz CT molecular complexity index is 1530. The molecule has 214 valence electrons. The average Bonchev–Trinajstić information content (AvgIpc) is 2.98. The van der Waals surface area contributed by atoms with Crippen LogP contribution in [-0.4, -0.2) is 28.4 Å². The van der Waals surface area contributed by atoms with Gasteiger partial charge in [0.25, 0.3) is 5.91 Å². The van der Waals surface area contributed by atoms with Crippen LogP contribution in [0.4, 0.5) is 0 Å². The van der Waals surface area contributed by atoms with Crippen molar-refractivity contribution in [1.82, 2.24) is 10.3 Å². The normalized spacial score (nSPS) is 15.8. The van der Waals surface area contributed by atoms with E-state index in [4.69, 9.17) is 31.2 Å². The number of thioether (sulfide) groups is 1. The minimum Gasteiger partial charge on any atom is -0.490 e. The summed E-state index contributed by atoms with van der Waals surface area (Å²) in [5.74, 6) is 1.69. The Morgan fingerprint density at radius 2 is 1.76 bits per heavy atom. The molecule has 0 saturated heterocycles. The number of hydrogen-bond donors (Lipinski definition) is 1. The maximum absolute atomic E-state index is 13.5. The van der Waals surface area contributed by atoms with Crippen molar-refractivity contribution in [2.45, 2.75) is 58.7 Å². The maximum Gasteiger partial charge on any atom is 0.276 e. The van der Waals surface area contributed by atoms with Gasteiger partial charge in [-0.1, -0.05) is 105 Å². The lowest BCUT2D eigenvalue weighted by molar-refractivity contribution is -0.116. The number of unbranched alkanes of at least 4 members (excludes halogenated alkanes) is 4. The third-order valence-corrected chi connectivity index (χ3v) is 8.09. The fourth-order valence-corrected chi connectivity index (χ4v) is 5.98. The molecule has 0 aliphatic carbocycles. The van der Waals surface area contributed by atoms with E-state index < -0.39 is 6.17 Å². The van der Waals surface area contributed by atoms with Crippen LogP contribution in [0.1, 0.15) is 63.2 Å². The largest absolute Gasteiger partial charge is 0.490 e. The number of carbonyl (C=O) groups is 1. The van der Waals surface area contributed by atoms with E-state index in [1.165, 1.54) is 25.7 Å². The van der Waals surface area contributed by atoms with E-state index in [2.05, 4.69) is 12.2 Å². The number of amides is 1. The number of carbonyl (C=O) groups excluding carboxylic acids is 1. The average molecular weight is 591 g/mol. The van der Waals surface area contributed by atoms with Gasteiger partial charge >= 0.3 is 0 Å². The minimum absolute atomic E-state index is 0.195. The van der Waals surface area contributed by atoms with Gasteiger partial charge in [-0.3, -0.25) is 15.1 Å². The van der Waals surface area contributed by atoms with Gasteiger partial charge in [0.05, 0.1) is 17.0 Å². The van der Waals surface area contributed by atoms with E-state index in [1.54, 1.807) is 16.8 Å². The van der Waals surface area contributed by atoms with Crippen molar-refractivity contribution >= 4 is 40.1 Å². The molecule has 0 bridgehead atoms. The minimum atomic E-state index is -0.606. The van der Waals surface area contributed by atoms with Gasteiger partial charge in [0.2, 0.25) is 0 Å². The molecule has 0 spiro atoms. The fraction of sp³-hybridized carbons (Fsp3) is 0.344. The molecular weight excluding hydrogens is 556 g/mol. The molecule has 9 heteroatoms. The summed E-state index contributed by atoms with van der Waals surface area (Å²) in [6, 6.07) is 21.2. The van der Waals surface area contributed by atoms with Crippen molar-refractivity contribution in [1.29, 1.82) is 0 Å². The third-order valence-electron chi connectivity index (χ3n) is 6.86. The number of hydrazone groups is 1. The zero-order valence-corrected chi connectivity index (χ0v) is 25.0. The summed E-state index contributed by atoms with van der Waals surface area (Å²) < 4.78 is 12.1. The number of nitrogens with zero attached hydrogens (tertiary/aromatic N) is 3. The summed E-state index contributed by atoms with van der Waals surface area (Å²) in [5, 5.41) is 12.0. The van der Waals surface area contributed by atoms with E-state index in [-0.39, 0.29) is 5.91 Å².